The van der Waals surface area contributed by atoms with Crippen LogP contribution in [0.1, 0.15) is 26.7 Å². The SMILES string of the molecule is C=CC(=O)OC(CC)OC(=O)CC(C)C(=O)O. The summed E-state index contributed by atoms with van der Waals surface area (Å²) in [5.41, 5.74) is 0. The molecular formula is C11H16O6. The first-order chi connectivity index (χ1) is 7.90. The van der Waals surface area contributed by atoms with E-state index in [1.165, 1.54) is 6.92 Å². The molecule has 0 amide bonds. The maximum absolute atomic E-state index is 11.3. The summed E-state index contributed by atoms with van der Waals surface area (Å²) in [5.74, 6) is -3.34. The molecule has 0 fully saturated rings. The Morgan fingerprint density at radius 1 is 1.35 bits per heavy atom. The first-order valence-corrected chi connectivity index (χ1v) is 5.16. The van der Waals surface area contributed by atoms with Crippen molar-refractivity contribution in [3.05, 3.63) is 12.7 Å². The fraction of sp³-hybridized carbons (Fsp3) is 0.545. The quantitative estimate of drug-likeness (QED) is 0.410. The van der Waals surface area contributed by atoms with E-state index in [1.807, 2.05) is 0 Å². The molecular weight excluding hydrogens is 228 g/mol. The van der Waals surface area contributed by atoms with Crippen LogP contribution in [0, 0.1) is 5.92 Å². The van der Waals surface area contributed by atoms with Crippen LogP contribution in [-0.2, 0) is 23.9 Å². The van der Waals surface area contributed by atoms with Gasteiger partial charge in [-0.25, -0.2) is 4.79 Å². The summed E-state index contributed by atoms with van der Waals surface area (Å²) < 4.78 is 9.51. The van der Waals surface area contributed by atoms with Crippen molar-refractivity contribution in [2.45, 2.75) is 33.0 Å². The molecule has 6 nitrogen and oxygen atoms in total. The molecule has 0 aliphatic carbocycles. The number of carbonyl (C=O) groups excluding carboxylic acids is 2. The molecule has 0 aliphatic rings. The standard InChI is InChI=1S/C11H16O6/c1-4-8(12)16-10(5-2)17-9(13)6-7(3)11(14)15/h4,7,10H,1,5-6H2,2-3H3,(H,14,15). The van der Waals surface area contributed by atoms with Gasteiger partial charge in [-0.1, -0.05) is 20.4 Å². The first-order valence-electron chi connectivity index (χ1n) is 5.16. The lowest BCUT2D eigenvalue weighted by molar-refractivity contribution is -0.186. The normalized spacial score (nSPS) is 13.3. The third-order valence-electron chi connectivity index (χ3n) is 1.90. The molecule has 0 aliphatic heterocycles. The molecule has 0 radical (unpaired) electrons. The number of aliphatic carboxylic acids is 1. The molecule has 2 atom stereocenters. The molecule has 17 heavy (non-hydrogen) atoms. The second-order valence-corrected chi connectivity index (χ2v) is 3.41. The Kier molecular flexibility index (Phi) is 6.62. The lowest BCUT2D eigenvalue weighted by Crippen LogP contribution is -2.25. The van der Waals surface area contributed by atoms with Crippen LogP contribution in [0.25, 0.3) is 0 Å². The molecule has 1 N–H and O–H groups in total. The van der Waals surface area contributed by atoms with Crippen LogP contribution in [0.3, 0.4) is 0 Å². The number of esters is 2. The van der Waals surface area contributed by atoms with Crippen LogP contribution in [0.5, 0.6) is 0 Å². The van der Waals surface area contributed by atoms with Gasteiger partial charge in [-0.2, -0.15) is 0 Å². The summed E-state index contributed by atoms with van der Waals surface area (Å²) in [6.45, 7) is 6.26. The highest BCUT2D eigenvalue weighted by Gasteiger charge is 2.20. The van der Waals surface area contributed by atoms with Crippen molar-refractivity contribution >= 4 is 17.9 Å². The number of carboxylic acids is 1. The summed E-state index contributed by atoms with van der Waals surface area (Å²) in [6, 6.07) is 0. The lowest BCUT2D eigenvalue weighted by atomic mass is 10.1. The Labute approximate surface area is 99.2 Å². The lowest BCUT2D eigenvalue weighted by Gasteiger charge is -2.16. The molecule has 2 unspecified atom stereocenters. The van der Waals surface area contributed by atoms with Gasteiger partial charge in [0.2, 0.25) is 6.29 Å². The molecule has 0 spiro atoms. The number of ether oxygens (including phenoxy) is 2. The smallest absolute Gasteiger partial charge is 0.333 e. The fourth-order valence-electron chi connectivity index (χ4n) is 0.900. The summed E-state index contributed by atoms with van der Waals surface area (Å²) >= 11 is 0. The van der Waals surface area contributed by atoms with Crippen LogP contribution in [0.4, 0.5) is 0 Å². The highest BCUT2D eigenvalue weighted by molar-refractivity contribution is 5.81. The summed E-state index contributed by atoms with van der Waals surface area (Å²) in [4.78, 5) is 32.7. The van der Waals surface area contributed by atoms with Gasteiger partial charge < -0.3 is 14.6 Å². The summed E-state index contributed by atoms with van der Waals surface area (Å²) in [5, 5.41) is 8.60. The monoisotopic (exact) mass is 244 g/mol. The van der Waals surface area contributed by atoms with Gasteiger partial charge in [0.25, 0.3) is 0 Å². The van der Waals surface area contributed by atoms with Crippen LogP contribution in [0.15, 0.2) is 12.7 Å². The van der Waals surface area contributed by atoms with Crippen molar-refractivity contribution in [1.29, 1.82) is 0 Å². The van der Waals surface area contributed by atoms with E-state index in [0.717, 1.165) is 6.08 Å². The summed E-state index contributed by atoms with van der Waals surface area (Å²) in [7, 11) is 0. The van der Waals surface area contributed by atoms with Crippen molar-refractivity contribution in [3.63, 3.8) is 0 Å². The van der Waals surface area contributed by atoms with Gasteiger partial charge in [0.15, 0.2) is 0 Å². The topological polar surface area (TPSA) is 89.9 Å². The van der Waals surface area contributed by atoms with Gasteiger partial charge in [0.05, 0.1) is 12.3 Å². The zero-order valence-corrected chi connectivity index (χ0v) is 9.84. The van der Waals surface area contributed by atoms with Crippen LogP contribution in [0.2, 0.25) is 0 Å². The van der Waals surface area contributed by atoms with Gasteiger partial charge in [-0.05, 0) is 0 Å². The Balaban J connectivity index is 4.19. The molecule has 0 aromatic heterocycles. The van der Waals surface area contributed by atoms with E-state index in [9.17, 15) is 14.4 Å². The van der Waals surface area contributed by atoms with Crippen molar-refractivity contribution < 1.29 is 29.0 Å². The Morgan fingerprint density at radius 2 is 1.94 bits per heavy atom. The highest BCUT2D eigenvalue weighted by atomic mass is 16.7. The average molecular weight is 244 g/mol. The van der Waals surface area contributed by atoms with E-state index in [-0.39, 0.29) is 12.8 Å². The molecule has 0 aromatic carbocycles. The molecule has 0 saturated heterocycles. The van der Waals surface area contributed by atoms with Crippen molar-refractivity contribution in [2.24, 2.45) is 5.92 Å². The third-order valence-corrected chi connectivity index (χ3v) is 1.90. The minimum Gasteiger partial charge on any atom is -0.481 e. The largest absolute Gasteiger partial charge is 0.481 e. The number of carbonyl (C=O) groups is 3. The molecule has 6 heteroatoms. The Morgan fingerprint density at radius 3 is 2.35 bits per heavy atom. The number of carboxylic acid groups (broad SMARTS) is 1. The third kappa shape index (κ3) is 6.34. The first kappa shape index (κ1) is 15.2. The molecule has 0 heterocycles. The average Bonchev–Trinajstić information content (AvgIpc) is 2.27. The fourth-order valence-corrected chi connectivity index (χ4v) is 0.900. The predicted octanol–water partition coefficient (Wildman–Crippen LogP) is 1.11. The van der Waals surface area contributed by atoms with E-state index in [4.69, 9.17) is 14.6 Å². The Bertz CT molecular complexity index is 309. The predicted molar refractivity (Wildman–Crippen MR) is 57.9 cm³/mol. The van der Waals surface area contributed by atoms with E-state index >= 15 is 0 Å². The zero-order valence-electron chi connectivity index (χ0n) is 9.84. The van der Waals surface area contributed by atoms with Crippen LogP contribution in [-0.4, -0.2) is 29.3 Å². The van der Waals surface area contributed by atoms with E-state index in [0.29, 0.717) is 0 Å². The molecule has 0 rings (SSSR count). The van der Waals surface area contributed by atoms with Gasteiger partial charge in [-0.3, -0.25) is 9.59 Å². The second-order valence-electron chi connectivity index (χ2n) is 3.41. The number of hydrogen-bond donors (Lipinski definition) is 1. The zero-order chi connectivity index (χ0) is 13.4. The van der Waals surface area contributed by atoms with Crippen molar-refractivity contribution in [2.75, 3.05) is 0 Å². The van der Waals surface area contributed by atoms with Gasteiger partial charge in [-0.15, -0.1) is 0 Å². The summed E-state index contributed by atoms with van der Waals surface area (Å²) in [6.07, 6.45) is -0.0327. The van der Waals surface area contributed by atoms with Crippen molar-refractivity contribution in [1.82, 2.24) is 0 Å². The minimum atomic E-state index is -1.09. The molecule has 0 bridgehead atoms. The number of rotatable bonds is 7. The van der Waals surface area contributed by atoms with E-state index in [2.05, 4.69) is 6.58 Å². The van der Waals surface area contributed by atoms with E-state index < -0.39 is 30.1 Å². The minimum absolute atomic E-state index is 0.266. The van der Waals surface area contributed by atoms with Crippen LogP contribution >= 0.6 is 0 Å². The van der Waals surface area contributed by atoms with E-state index in [1.54, 1.807) is 6.92 Å². The van der Waals surface area contributed by atoms with Gasteiger partial charge in [0.1, 0.15) is 0 Å². The second kappa shape index (κ2) is 7.43. The highest BCUT2D eigenvalue weighted by Crippen LogP contribution is 2.08. The van der Waals surface area contributed by atoms with Crippen LogP contribution < -0.4 is 0 Å². The molecule has 0 aromatic rings. The van der Waals surface area contributed by atoms with Gasteiger partial charge >= 0.3 is 17.9 Å². The van der Waals surface area contributed by atoms with Crippen molar-refractivity contribution in [3.8, 4) is 0 Å². The maximum atomic E-state index is 11.3. The molecule has 0 saturated carbocycles. The molecule has 96 valence electrons. The number of hydrogen-bond acceptors (Lipinski definition) is 5. The maximum Gasteiger partial charge on any atom is 0.333 e. The Hall–Kier alpha value is -1.85. The van der Waals surface area contributed by atoms with Gasteiger partial charge in [0, 0.05) is 12.5 Å².